The molecule has 20 heavy (non-hydrogen) atoms. The highest BCUT2D eigenvalue weighted by Gasteiger charge is 2.08. The summed E-state index contributed by atoms with van der Waals surface area (Å²) in [7, 11) is 0. The lowest BCUT2D eigenvalue weighted by atomic mass is 10.2. The molecule has 1 N–H and O–H groups in total. The average Bonchev–Trinajstić information content (AvgIpc) is 2.93. The van der Waals surface area contributed by atoms with Gasteiger partial charge in [0, 0.05) is 18.7 Å². The molecule has 1 aromatic carbocycles. The van der Waals surface area contributed by atoms with E-state index < -0.39 is 0 Å². The number of furan rings is 1. The summed E-state index contributed by atoms with van der Waals surface area (Å²) >= 11 is 0. The second-order valence-corrected chi connectivity index (χ2v) is 4.99. The van der Waals surface area contributed by atoms with Crippen molar-refractivity contribution in [2.24, 2.45) is 0 Å². The Morgan fingerprint density at radius 1 is 1.05 bits per heavy atom. The van der Waals surface area contributed by atoms with Crippen molar-refractivity contribution in [3.8, 4) is 0 Å². The standard InChI is InChI=1S/C17H24N2O/c1-3-18-11-16-10-17(20-14-16)13-19(4-2)12-15-8-6-5-7-9-15/h5-10,14,18H,3-4,11-13H2,1-2H3. The summed E-state index contributed by atoms with van der Waals surface area (Å²) < 4.78 is 5.65. The van der Waals surface area contributed by atoms with E-state index >= 15 is 0 Å². The van der Waals surface area contributed by atoms with Crippen LogP contribution in [0.25, 0.3) is 0 Å². The fraction of sp³-hybridized carbons (Fsp3) is 0.412. The Bertz CT molecular complexity index is 493. The minimum absolute atomic E-state index is 0.859. The van der Waals surface area contributed by atoms with Crippen molar-refractivity contribution in [3.05, 3.63) is 59.5 Å². The van der Waals surface area contributed by atoms with Crippen LogP contribution in [0.5, 0.6) is 0 Å². The van der Waals surface area contributed by atoms with E-state index in [-0.39, 0.29) is 0 Å². The summed E-state index contributed by atoms with van der Waals surface area (Å²) in [6, 6.07) is 12.7. The first kappa shape index (κ1) is 14.8. The van der Waals surface area contributed by atoms with Crippen LogP contribution in [-0.4, -0.2) is 18.0 Å². The Kier molecular flexibility index (Phi) is 5.84. The molecular weight excluding hydrogens is 248 g/mol. The summed E-state index contributed by atoms with van der Waals surface area (Å²) in [6.45, 7) is 8.99. The van der Waals surface area contributed by atoms with Crippen molar-refractivity contribution in [1.82, 2.24) is 10.2 Å². The number of nitrogens with one attached hydrogen (secondary N) is 1. The highest BCUT2D eigenvalue weighted by molar-refractivity contribution is 5.15. The zero-order valence-corrected chi connectivity index (χ0v) is 12.4. The van der Waals surface area contributed by atoms with Gasteiger partial charge in [0.15, 0.2) is 0 Å². The molecule has 0 aliphatic carbocycles. The quantitative estimate of drug-likeness (QED) is 0.798. The van der Waals surface area contributed by atoms with E-state index in [0.717, 1.165) is 38.5 Å². The van der Waals surface area contributed by atoms with Crippen molar-refractivity contribution in [3.63, 3.8) is 0 Å². The van der Waals surface area contributed by atoms with Gasteiger partial charge in [0.1, 0.15) is 5.76 Å². The van der Waals surface area contributed by atoms with E-state index in [1.54, 1.807) is 0 Å². The molecule has 0 fully saturated rings. The van der Waals surface area contributed by atoms with Crippen LogP contribution in [0, 0.1) is 0 Å². The maximum absolute atomic E-state index is 5.65. The predicted octanol–water partition coefficient (Wildman–Crippen LogP) is 3.41. The first-order chi connectivity index (χ1) is 9.81. The van der Waals surface area contributed by atoms with Gasteiger partial charge in [-0.15, -0.1) is 0 Å². The van der Waals surface area contributed by atoms with E-state index in [2.05, 4.69) is 60.5 Å². The summed E-state index contributed by atoms with van der Waals surface area (Å²) in [5.41, 5.74) is 2.56. The summed E-state index contributed by atoms with van der Waals surface area (Å²) in [5, 5.41) is 3.31. The van der Waals surface area contributed by atoms with E-state index in [4.69, 9.17) is 4.42 Å². The Balaban J connectivity index is 1.91. The SMILES string of the molecule is CCNCc1coc(CN(CC)Cc2ccccc2)c1. The first-order valence-corrected chi connectivity index (χ1v) is 7.35. The Labute approximate surface area is 121 Å². The van der Waals surface area contributed by atoms with Crippen LogP contribution in [0.2, 0.25) is 0 Å². The average molecular weight is 272 g/mol. The molecule has 0 unspecified atom stereocenters. The third-order valence-corrected chi connectivity index (χ3v) is 3.36. The molecule has 3 nitrogen and oxygen atoms in total. The first-order valence-electron chi connectivity index (χ1n) is 7.35. The molecule has 0 bridgehead atoms. The van der Waals surface area contributed by atoms with Gasteiger partial charge in [-0.1, -0.05) is 44.2 Å². The smallest absolute Gasteiger partial charge is 0.118 e. The third-order valence-electron chi connectivity index (χ3n) is 3.36. The van der Waals surface area contributed by atoms with E-state index in [9.17, 15) is 0 Å². The molecule has 108 valence electrons. The molecule has 2 aromatic rings. The molecule has 0 spiro atoms. The highest BCUT2D eigenvalue weighted by Crippen LogP contribution is 2.13. The van der Waals surface area contributed by atoms with Crippen LogP contribution in [0.1, 0.15) is 30.7 Å². The number of nitrogens with zero attached hydrogens (tertiary/aromatic N) is 1. The lowest BCUT2D eigenvalue weighted by molar-refractivity contribution is 0.248. The monoisotopic (exact) mass is 272 g/mol. The molecule has 0 saturated carbocycles. The van der Waals surface area contributed by atoms with E-state index in [1.807, 2.05) is 6.26 Å². The van der Waals surface area contributed by atoms with Gasteiger partial charge in [0.05, 0.1) is 12.8 Å². The summed E-state index contributed by atoms with van der Waals surface area (Å²) in [5.74, 6) is 1.04. The lowest BCUT2D eigenvalue weighted by Gasteiger charge is -2.19. The molecule has 0 radical (unpaired) electrons. The van der Waals surface area contributed by atoms with Crippen molar-refractivity contribution in [1.29, 1.82) is 0 Å². The van der Waals surface area contributed by atoms with Gasteiger partial charge in [-0.2, -0.15) is 0 Å². The number of benzene rings is 1. The van der Waals surface area contributed by atoms with Crippen LogP contribution in [0.3, 0.4) is 0 Å². The van der Waals surface area contributed by atoms with Gasteiger partial charge < -0.3 is 9.73 Å². The zero-order valence-electron chi connectivity index (χ0n) is 12.4. The van der Waals surface area contributed by atoms with Crippen molar-refractivity contribution >= 4 is 0 Å². The Morgan fingerprint density at radius 2 is 1.85 bits per heavy atom. The predicted molar refractivity (Wildman–Crippen MR) is 82.3 cm³/mol. The molecule has 0 amide bonds. The lowest BCUT2D eigenvalue weighted by Crippen LogP contribution is -2.22. The Morgan fingerprint density at radius 3 is 2.55 bits per heavy atom. The molecule has 0 aliphatic heterocycles. The molecular formula is C17H24N2O. The van der Waals surface area contributed by atoms with Crippen LogP contribution < -0.4 is 5.32 Å². The van der Waals surface area contributed by atoms with Gasteiger partial charge in [-0.05, 0) is 24.7 Å². The minimum atomic E-state index is 0.859. The molecule has 2 rings (SSSR count). The van der Waals surface area contributed by atoms with Gasteiger partial charge in [-0.3, -0.25) is 4.90 Å². The minimum Gasteiger partial charge on any atom is -0.468 e. The van der Waals surface area contributed by atoms with Gasteiger partial charge in [-0.25, -0.2) is 0 Å². The van der Waals surface area contributed by atoms with Crippen molar-refractivity contribution in [2.75, 3.05) is 13.1 Å². The van der Waals surface area contributed by atoms with Crippen LogP contribution in [0.4, 0.5) is 0 Å². The second-order valence-electron chi connectivity index (χ2n) is 4.99. The number of rotatable bonds is 8. The zero-order chi connectivity index (χ0) is 14.2. The topological polar surface area (TPSA) is 28.4 Å². The highest BCUT2D eigenvalue weighted by atomic mass is 16.3. The molecule has 0 atom stereocenters. The van der Waals surface area contributed by atoms with E-state index in [1.165, 1.54) is 11.1 Å². The van der Waals surface area contributed by atoms with Crippen LogP contribution in [0.15, 0.2) is 47.1 Å². The number of hydrogen-bond donors (Lipinski definition) is 1. The summed E-state index contributed by atoms with van der Waals surface area (Å²) in [4.78, 5) is 2.38. The van der Waals surface area contributed by atoms with Crippen LogP contribution >= 0.6 is 0 Å². The molecule has 0 saturated heterocycles. The van der Waals surface area contributed by atoms with Crippen LogP contribution in [-0.2, 0) is 19.6 Å². The van der Waals surface area contributed by atoms with Crippen molar-refractivity contribution < 1.29 is 4.42 Å². The molecule has 1 aromatic heterocycles. The third kappa shape index (κ3) is 4.51. The number of hydrogen-bond acceptors (Lipinski definition) is 3. The van der Waals surface area contributed by atoms with Gasteiger partial charge in [0.25, 0.3) is 0 Å². The molecule has 0 aliphatic rings. The molecule has 3 heteroatoms. The maximum Gasteiger partial charge on any atom is 0.118 e. The fourth-order valence-electron chi connectivity index (χ4n) is 2.21. The van der Waals surface area contributed by atoms with Gasteiger partial charge >= 0.3 is 0 Å². The second kappa shape index (κ2) is 7.88. The summed E-state index contributed by atoms with van der Waals surface area (Å²) in [6.07, 6.45) is 1.86. The van der Waals surface area contributed by atoms with E-state index in [0.29, 0.717) is 0 Å². The van der Waals surface area contributed by atoms with Crippen molar-refractivity contribution in [2.45, 2.75) is 33.5 Å². The normalized spacial score (nSPS) is 11.2. The Hall–Kier alpha value is -1.58. The maximum atomic E-state index is 5.65. The molecule has 1 heterocycles. The fourth-order valence-corrected chi connectivity index (χ4v) is 2.21. The largest absolute Gasteiger partial charge is 0.468 e. The van der Waals surface area contributed by atoms with Gasteiger partial charge in [0.2, 0.25) is 0 Å².